The minimum Gasteiger partial charge on any atom is -0.323 e. The van der Waals surface area contributed by atoms with E-state index in [-0.39, 0.29) is 11.5 Å². The number of hydrogen-bond acceptors (Lipinski definition) is 5. The fourth-order valence-corrected chi connectivity index (χ4v) is 5.71. The zero-order chi connectivity index (χ0) is 22.7. The molecule has 0 spiro atoms. The lowest BCUT2D eigenvalue weighted by Crippen LogP contribution is -2.24. The van der Waals surface area contributed by atoms with E-state index in [2.05, 4.69) is 29.3 Å². The Morgan fingerprint density at radius 2 is 1.76 bits per heavy atom. The number of aryl methyl sites for hydroxylation is 2. The molecule has 7 nitrogen and oxygen atoms in total. The highest BCUT2D eigenvalue weighted by atomic mass is 32.1. The molecule has 0 radical (unpaired) electrons. The highest BCUT2D eigenvalue weighted by Gasteiger charge is 2.21. The topological polar surface area (TPSA) is 70.5 Å². The molecule has 0 N–H and O–H groups in total. The Morgan fingerprint density at radius 3 is 2.58 bits per heavy atom. The number of hydrogen-bond donors (Lipinski definition) is 0. The van der Waals surface area contributed by atoms with Gasteiger partial charge in [0.2, 0.25) is 0 Å². The highest BCUT2D eigenvalue weighted by Crippen LogP contribution is 2.36. The van der Waals surface area contributed by atoms with Crippen molar-refractivity contribution in [1.82, 2.24) is 29.1 Å². The summed E-state index contributed by atoms with van der Waals surface area (Å²) in [6, 6.07) is 16.4. The van der Waals surface area contributed by atoms with E-state index in [0.29, 0.717) is 12.1 Å². The van der Waals surface area contributed by atoms with Crippen LogP contribution in [0.15, 0.2) is 65.7 Å². The van der Waals surface area contributed by atoms with Crippen molar-refractivity contribution < 1.29 is 0 Å². The molecule has 4 heterocycles. The van der Waals surface area contributed by atoms with E-state index < -0.39 is 0 Å². The van der Waals surface area contributed by atoms with E-state index in [0.717, 1.165) is 37.2 Å². The van der Waals surface area contributed by atoms with Crippen molar-refractivity contribution in [2.45, 2.75) is 19.4 Å². The first-order valence-corrected chi connectivity index (χ1v) is 11.6. The summed E-state index contributed by atoms with van der Waals surface area (Å²) >= 11 is 1.64. The summed E-state index contributed by atoms with van der Waals surface area (Å²) in [6.07, 6.45) is 3.64. The summed E-state index contributed by atoms with van der Waals surface area (Å²) in [6.45, 7) is 2.56. The zero-order valence-corrected chi connectivity index (χ0v) is 19.4. The van der Waals surface area contributed by atoms with Gasteiger partial charge in [0, 0.05) is 30.8 Å². The van der Waals surface area contributed by atoms with Crippen LogP contribution < -0.4 is 5.56 Å². The molecule has 0 saturated heterocycles. The average molecular weight is 455 g/mol. The van der Waals surface area contributed by atoms with Crippen molar-refractivity contribution in [2.24, 2.45) is 14.1 Å². The molecule has 0 amide bonds. The molecule has 4 aromatic heterocycles. The van der Waals surface area contributed by atoms with E-state index in [1.54, 1.807) is 17.5 Å². The highest BCUT2D eigenvalue weighted by molar-refractivity contribution is 7.19. The molecule has 33 heavy (non-hydrogen) atoms. The lowest BCUT2D eigenvalue weighted by molar-refractivity contribution is 0.647. The third-order valence-electron chi connectivity index (χ3n) is 6.41. The van der Waals surface area contributed by atoms with Crippen molar-refractivity contribution in [3.63, 3.8) is 0 Å². The molecule has 6 rings (SSSR count). The molecule has 0 aliphatic heterocycles. The van der Waals surface area contributed by atoms with Crippen LogP contribution in [0.1, 0.15) is 29.0 Å². The Kier molecular flexibility index (Phi) is 4.45. The number of thiazole rings is 1. The number of benzene rings is 2. The minimum atomic E-state index is -0.112. The number of aromatic nitrogens is 6. The maximum Gasteiger partial charge on any atom is 0.291 e. The molecular weight excluding hydrogens is 432 g/mol. The van der Waals surface area contributed by atoms with Gasteiger partial charge in [-0.15, -0.1) is 11.3 Å². The molecule has 0 saturated carbocycles. The van der Waals surface area contributed by atoms with E-state index >= 15 is 0 Å². The first kappa shape index (κ1) is 19.9. The van der Waals surface area contributed by atoms with Crippen molar-refractivity contribution >= 4 is 43.5 Å². The van der Waals surface area contributed by atoms with Gasteiger partial charge in [0.25, 0.3) is 5.56 Å². The summed E-state index contributed by atoms with van der Waals surface area (Å²) in [5.41, 5.74) is 4.63. The van der Waals surface area contributed by atoms with E-state index in [9.17, 15) is 4.79 Å². The third kappa shape index (κ3) is 3.01. The summed E-state index contributed by atoms with van der Waals surface area (Å²) in [4.78, 5) is 18.4. The number of nitrogens with zero attached hydrogens (tertiary/aromatic N) is 6. The maximum absolute atomic E-state index is 13.4. The van der Waals surface area contributed by atoms with Gasteiger partial charge >= 0.3 is 0 Å². The predicted molar refractivity (Wildman–Crippen MR) is 132 cm³/mol. The lowest BCUT2D eigenvalue weighted by atomic mass is 10.0. The summed E-state index contributed by atoms with van der Waals surface area (Å²) in [7, 11) is 3.83. The van der Waals surface area contributed by atoms with Gasteiger partial charge in [-0.2, -0.15) is 10.2 Å². The van der Waals surface area contributed by atoms with Gasteiger partial charge < -0.3 is 4.57 Å². The van der Waals surface area contributed by atoms with E-state index in [1.807, 2.05) is 65.9 Å². The Bertz CT molecular complexity index is 1710. The van der Waals surface area contributed by atoms with Crippen LogP contribution in [-0.2, 0) is 20.6 Å². The number of rotatable bonds is 4. The quantitative estimate of drug-likeness (QED) is 0.395. The van der Waals surface area contributed by atoms with Crippen LogP contribution in [0.2, 0.25) is 0 Å². The Hall–Kier alpha value is -3.78. The third-order valence-corrected chi connectivity index (χ3v) is 7.67. The van der Waals surface area contributed by atoms with Crippen molar-refractivity contribution in [3.05, 3.63) is 87.4 Å². The van der Waals surface area contributed by atoms with Crippen LogP contribution in [0, 0.1) is 0 Å². The zero-order valence-electron chi connectivity index (χ0n) is 18.6. The van der Waals surface area contributed by atoms with Crippen LogP contribution in [0.5, 0.6) is 0 Å². The monoisotopic (exact) mass is 454 g/mol. The summed E-state index contributed by atoms with van der Waals surface area (Å²) < 4.78 is 6.29. The molecule has 0 aliphatic carbocycles. The van der Waals surface area contributed by atoms with Crippen molar-refractivity contribution in [2.75, 3.05) is 0 Å². The second kappa shape index (κ2) is 7.38. The van der Waals surface area contributed by atoms with Gasteiger partial charge in [-0.25, -0.2) is 9.67 Å². The second-order valence-electron chi connectivity index (χ2n) is 8.38. The van der Waals surface area contributed by atoms with Gasteiger partial charge in [0.1, 0.15) is 10.5 Å². The summed E-state index contributed by atoms with van der Waals surface area (Å²) in [5.74, 6) is 0.187. The fourth-order valence-electron chi connectivity index (χ4n) is 4.52. The van der Waals surface area contributed by atoms with Crippen LogP contribution >= 0.6 is 11.3 Å². The fraction of sp³-hybridized carbons (Fsp3) is 0.200. The van der Waals surface area contributed by atoms with Crippen LogP contribution in [0.25, 0.3) is 32.2 Å². The SMILES string of the molecule is CC(c1ccccc1)c1nc2c(s1)c1cnn(Cc3cccc4c3cnn4C)c(=O)c1n2C. The van der Waals surface area contributed by atoms with Gasteiger partial charge in [-0.05, 0) is 17.2 Å². The predicted octanol–water partition coefficient (Wildman–Crippen LogP) is 4.43. The van der Waals surface area contributed by atoms with Crippen LogP contribution in [0.3, 0.4) is 0 Å². The molecule has 0 fully saturated rings. The van der Waals surface area contributed by atoms with E-state index in [1.165, 1.54) is 10.2 Å². The first-order chi connectivity index (χ1) is 16.0. The standard InChI is InChI=1S/C25H22N6OS/c1-15(16-8-5-4-6-9-16)24-28-23-22(33-24)19-13-27-31(25(32)21(19)29(23)2)14-17-10-7-11-20-18(17)12-26-30(20)3/h4-13,15H,14H2,1-3H3. The minimum absolute atomic E-state index is 0.112. The lowest BCUT2D eigenvalue weighted by Gasteiger charge is -2.08. The molecule has 6 aromatic rings. The second-order valence-corrected chi connectivity index (χ2v) is 9.41. The van der Waals surface area contributed by atoms with Crippen LogP contribution in [-0.4, -0.2) is 29.1 Å². The molecule has 164 valence electrons. The molecule has 0 aliphatic rings. The van der Waals surface area contributed by atoms with E-state index in [4.69, 9.17) is 4.98 Å². The molecule has 2 aromatic carbocycles. The molecule has 8 heteroatoms. The van der Waals surface area contributed by atoms with Gasteiger partial charge in [-0.3, -0.25) is 9.48 Å². The van der Waals surface area contributed by atoms with Gasteiger partial charge in [0.05, 0.1) is 29.2 Å². The summed E-state index contributed by atoms with van der Waals surface area (Å²) in [5, 5.41) is 11.8. The molecular formula is C25H22N6OS. The van der Waals surface area contributed by atoms with Gasteiger partial charge in [-0.1, -0.05) is 49.4 Å². The Labute approximate surface area is 193 Å². The largest absolute Gasteiger partial charge is 0.323 e. The first-order valence-electron chi connectivity index (χ1n) is 10.8. The van der Waals surface area contributed by atoms with Crippen LogP contribution in [0.4, 0.5) is 0 Å². The Balaban J connectivity index is 1.45. The average Bonchev–Trinajstić information content (AvgIpc) is 3.51. The smallest absolute Gasteiger partial charge is 0.291 e. The normalized spacial score (nSPS) is 12.8. The van der Waals surface area contributed by atoms with Crippen molar-refractivity contribution in [1.29, 1.82) is 0 Å². The molecule has 1 atom stereocenters. The Morgan fingerprint density at radius 1 is 0.970 bits per heavy atom. The number of fused-ring (bicyclic) bond motifs is 4. The van der Waals surface area contributed by atoms with Gasteiger partial charge in [0.15, 0.2) is 5.65 Å². The van der Waals surface area contributed by atoms with Crippen molar-refractivity contribution in [3.8, 4) is 0 Å². The maximum atomic E-state index is 13.4. The molecule has 1 unspecified atom stereocenters. The molecule has 0 bridgehead atoms.